The zero-order valence-electron chi connectivity index (χ0n) is 11.9. The van der Waals surface area contributed by atoms with Gasteiger partial charge in [-0.25, -0.2) is 9.37 Å². The number of halogens is 2. The highest BCUT2D eigenvalue weighted by Gasteiger charge is 2.15. The summed E-state index contributed by atoms with van der Waals surface area (Å²) in [4.78, 5) is 8.54. The minimum Gasteiger partial charge on any atom is -0.463 e. The molecule has 4 aromatic rings. The van der Waals surface area contributed by atoms with E-state index < -0.39 is 0 Å². The summed E-state index contributed by atoms with van der Waals surface area (Å²) in [5, 5.41) is 0.929. The molecular weight excluding hydrogens is 317 g/mol. The summed E-state index contributed by atoms with van der Waals surface area (Å²) in [7, 11) is 0. The minimum absolute atomic E-state index is 0.123. The fourth-order valence-corrected chi connectivity index (χ4v) is 2.74. The molecule has 0 aliphatic rings. The molecule has 114 valence electrons. The standard InChI is InChI=1S/C17H11ClFN3O/c18-17-20-15(14-6-3-9-23-14)12-7-8-22(16(12)21-17)10-11-4-1-2-5-13(11)19/h1-9H,10H2. The van der Waals surface area contributed by atoms with Gasteiger partial charge in [0.05, 0.1) is 12.8 Å². The molecule has 3 aromatic heterocycles. The van der Waals surface area contributed by atoms with Crippen molar-refractivity contribution in [1.29, 1.82) is 0 Å². The highest BCUT2D eigenvalue weighted by atomic mass is 35.5. The van der Waals surface area contributed by atoms with Crippen molar-refractivity contribution in [2.45, 2.75) is 6.54 Å². The normalized spacial score (nSPS) is 11.2. The van der Waals surface area contributed by atoms with Gasteiger partial charge < -0.3 is 8.98 Å². The summed E-state index contributed by atoms with van der Waals surface area (Å²) in [5.41, 5.74) is 1.84. The van der Waals surface area contributed by atoms with Gasteiger partial charge in [-0.1, -0.05) is 18.2 Å². The summed E-state index contributed by atoms with van der Waals surface area (Å²) < 4.78 is 21.1. The third kappa shape index (κ3) is 2.49. The van der Waals surface area contributed by atoms with E-state index in [-0.39, 0.29) is 11.1 Å². The fraction of sp³-hybridized carbons (Fsp3) is 0.0588. The summed E-state index contributed by atoms with van der Waals surface area (Å²) in [6.45, 7) is 0.362. The minimum atomic E-state index is -0.249. The summed E-state index contributed by atoms with van der Waals surface area (Å²) in [6.07, 6.45) is 3.42. The molecule has 1 aromatic carbocycles. The van der Waals surface area contributed by atoms with Crippen molar-refractivity contribution >= 4 is 22.6 Å². The second kappa shape index (κ2) is 5.52. The highest BCUT2D eigenvalue weighted by Crippen LogP contribution is 2.28. The number of hydrogen-bond donors (Lipinski definition) is 0. The lowest BCUT2D eigenvalue weighted by Gasteiger charge is -2.07. The lowest BCUT2D eigenvalue weighted by molar-refractivity contribution is 0.580. The van der Waals surface area contributed by atoms with Crippen LogP contribution in [-0.4, -0.2) is 14.5 Å². The van der Waals surface area contributed by atoms with Gasteiger partial charge in [0.25, 0.3) is 0 Å². The molecule has 0 amide bonds. The van der Waals surface area contributed by atoms with Crippen molar-refractivity contribution in [3.8, 4) is 11.5 Å². The number of fused-ring (bicyclic) bond motifs is 1. The zero-order chi connectivity index (χ0) is 15.8. The van der Waals surface area contributed by atoms with Gasteiger partial charge in [-0.2, -0.15) is 4.98 Å². The lowest BCUT2D eigenvalue weighted by Crippen LogP contribution is -2.02. The smallest absolute Gasteiger partial charge is 0.225 e. The first kappa shape index (κ1) is 14.0. The molecule has 0 aliphatic carbocycles. The van der Waals surface area contributed by atoms with Crippen LogP contribution in [0.25, 0.3) is 22.5 Å². The quantitative estimate of drug-likeness (QED) is 0.519. The van der Waals surface area contributed by atoms with Crippen LogP contribution in [0.5, 0.6) is 0 Å². The molecule has 3 heterocycles. The van der Waals surface area contributed by atoms with Gasteiger partial charge in [-0.15, -0.1) is 0 Å². The van der Waals surface area contributed by atoms with Crippen LogP contribution in [0.4, 0.5) is 4.39 Å². The number of furan rings is 1. The Bertz CT molecular complexity index is 979. The van der Waals surface area contributed by atoms with E-state index in [1.807, 2.05) is 22.9 Å². The Kier molecular flexibility index (Phi) is 3.35. The van der Waals surface area contributed by atoms with Gasteiger partial charge in [0.2, 0.25) is 5.28 Å². The zero-order valence-corrected chi connectivity index (χ0v) is 12.7. The number of nitrogens with zero attached hydrogens (tertiary/aromatic N) is 3. The van der Waals surface area contributed by atoms with Crippen LogP contribution in [0.1, 0.15) is 5.56 Å². The first-order valence-corrected chi connectivity index (χ1v) is 7.40. The first-order chi connectivity index (χ1) is 11.2. The molecule has 0 saturated heterocycles. The van der Waals surface area contributed by atoms with E-state index in [9.17, 15) is 4.39 Å². The Balaban J connectivity index is 1.85. The number of hydrogen-bond acceptors (Lipinski definition) is 3. The van der Waals surface area contributed by atoms with Crippen LogP contribution in [-0.2, 0) is 6.54 Å². The molecule has 0 atom stereocenters. The third-order valence-electron chi connectivity index (χ3n) is 3.64. The van der Waals surface area contributed by atoms with Gasteiger partial charge in [0, 0.05) is 17.1 Å². The molecule has 6 heteroatoms. The van der Waals surface area contributed by atoms with Crippen molar-refractivity contribution in [3.05, 3.63) is 71.6 Å². The average molecular weight is 328 g/mol. The summed E-state index contributed by atoms with van der Waals surface area (Å²) in [5.74, 6) is 0.365. The van der Waals surface area contributed by atoms with Crippen LogP contribution in [0.15, 0.2) is 59.3 Å². The largest absolute Gasteiger partial charge is 0.463 e. The fourth-order valence-electron chi connectivity index (χ4n) is 2.58. The van der Waals surface area contributed by atoms with Crippen LogP contribution in [0, 0.1) is 5.82 Å². The van der Waals surface area contributed by atoms with Crippen LogP contribution < -0.4 is 0 Å². The Labute approximate surface area is 136 Å². The predicted octanol–water partition coefficient (Wildman–Crippen LogP) is 4.53. The third-order valence-corrected chi connectivity index (χ3v) is 3.81. The van der Waals surface area contributed by atoms with Crippen LogP contribution >= 0.6 is 11.6 Å². The second-order valence-electron chi connectivity index (χ2n) is 5.09. The number of aromatic nitrogens is 3. The molecule has 0 fully saturated rings. The van der Waals surface area contributed by atoms with E-state index in [2.05, 4.69) is 9.97 Å². The van der Waals surface area contributed by atoms with E-state index in [1.165, 1.54) is 6.07 Å². The highest BCUT2D eigenvalue weighted by molar-refractivity contribution is 6.28. The van der Waals surface area contributed by atoms with E-state index in [1.54, 1.807) is 30.5 Å². The maximum atomic E-state index is 13.9. The Hall–Kier alpha value is -2.66. The molecule has 0 aliphatic heterocycles. The van der Waals surface area contributed by atoms with Crippen molar-refractivity contribution in [1.82, 2.24) is 14.5 Å². The Morgan fingerprint density at radius 1 is 1.09 bits per heavy atom. The molecule has 4 nitrogen and oxygen atoms in total. The average Bonchev–Trinajstić information content (AvgIpc) is 3.19. The Morgan fingerprint density at radius 3 is 2.74 bits per heavy atom. The Morgan fingerprint density at radius 2 is 1.96 bits per heavy atom. The van der Waals surface area contributed by atoms with Crippen molar-refractivity contribution in [2.24, 2.45) is 0 Å². The molecule has 0 spiro atoms. The predicted molar refractivity (Wildman–Crippen MR) is 85.7 cm³/mol. The first-order valence-electron chi connectivity index (χ1n) is 7.02. The van der Waals surface area contributed by atoms with E-state index in [0.29, 0.717) is 29.2 Å². The molecule has 4 rings (SSSR count). The molecule has 0 saturated carbocycles. The van der Waals surface area contributed by atoms with E-state index in [4.69, 9.17) is 16.0 Å². The van der Waals surface area contributed by atoms with E-state index >= 15 is 0 Å². The maximum Gasteiger partial charge on any atom is 0.225 e. The second-order valence-corrected chi connectivity index (χ2v) is 5.43. The van der Waals surface area contributed by atoms with Gasteiger partial charge in [0.1, 0.15) is 17.2 Å². The molecule has 0 bridgehead atoms. The number of rotatable bonds is 3. The topological polar surface area (TPSA) is 43.9 Å². The van der Waals surface area contributed by atoms with Gasteiger partial charge in [-0.05, 0) is 35.9 Å². The van der Waals surface area contributed by atoms with Gasteiger partial charge >= 0.3 is 0 Å². The van der Waals surface area contributed by atoms with E-state index in [0.717, 1.165) is 5.39 Å². The molecule has 0 N–H and O–H groups in total. The number of benzene rings is 1. The molecular formula is C17H11ClFN3O. The van der Waals surface area contributed by atoms with Gasteiger partial charge in [0.15, 0.2) is 5.76 Å². The van der Waals surface area contributed by atoms with Crippen LogP contribution in [0.2, 0.25) is 5.28 Å². The van der Waals surface area contributed by atoms with Crippen LogP contribution in [0.3, 0.4) is 0 Å². The summed E-state index contributed by atoms with van der Waals surface area (Å²) in [6, 6.07) is 12.1. The molecule has 0 radical (unpaired) electrons. The van der Waals surface area contributed by atoms with Crippen molar-refractivity contribution < 1.29 is 8.81 Å². The SMILES string of the molecule is Fc1ccccc1Cn1ccc2c(-c3ccco3)nc(Cl)nc21. The molecule has 0 unspecified atom stereocenters. The maximum absolute atomic E-state index is 13.9. The molecule has 23 heavy (non-hydrogen) atoms. The van der Waals surface area contributed by atoms with Crippen molar-refractivity contribution in [3.63, 3.8) is 0 Å². The summed E-state index contributed by atoms with van der Waals surface area (Å²) >= 11 is 6.05. The van der Waals surface area contributed by atoms with Crippen molar-refractivity contribution in [2.75, 3.05) is 0 Å². The van der Waals surface area contributed by atoms with Gasteiger partial charge in [-0.3, -0.25) is 0 Å². The monoisotopic (exact) mass is 327 g/mol. The lowest BCUT2D eigenvalue weighted by atomic mass is 10.2.